The Balaban J connectivity index is 2.04. The van der Waals surface area contributed by atoms with Gasteiger partial charge in [-0.15, -0.1) is 0 Å². The second kappa shape index (κ2) is 8.68. The van der Waals surface area contributed by atoms with Crippen molar-refractivity contribution < 1.29 is 27.2 Å². The first-order chi connectivity index (χ1) is 14.6. The van der Waals surface area contributed by atoms with Crippen LogP contribution in [-0.2, 0) is 14.8 Å². The number of nitrogens with zero attached hydrogens (tertiary/aromatic N) is 1. The number of hydrogen-bond acceptors (Lipinski definition) is 7. The predicted molar refractivity (Wildman–Crippen MR) is 116 cm³/mol. The number of aryl methyl sites for hydroxylation is 2. The van der Waals surface area contributed by atoms with E-state index in [0.717, 1.165) is 0 Å². The van der Waals surface area contributed by atoms with Crippen LogP contribution < -0.4 is 19.5 Å². The molecule has 2 aromatic carbocycles. The highest BCUT2D eigenvalue weighted by Gasteiger charge is 2.22. The fourth-order valence-electron chi connectivity index (χ4n) is 3.08. The summed E-state index contributed by atoms with van der Waals surface area (Å²) >= 11 is 0. The van der Waals surface area contributed by atoms with E-state index in [-0.39, 0.29) is 16.7 Å². The smallest absolute Gasteiger partial charge is 0.262 e. The molecule has 10 heteroatoms. The quantitative estimate of drug-likeness (QED) is 0.568. The number of carbonyl (C=O) groups is 1. The first-order valence-corrected chi connectivity index (χ1v) is 10.7. The first-order valence-electron chi connectivity index (χ1n) is 9.25. The lowest BCUT2D eigenvalue weighted by molar-refractivity contribution is -0.114. The molecule has 0 aliphatic heterocycles. The number of benzene rings is 2. The standard InChI is InChI=1S/C21H23N3O6S/c1-12-6-7-15(20-13(2)23-30-21(20)22-14(3)25)8-19(12)31(26,27)24-16-9-17(28-4)11-18(10-16)29-5/h6-11,24H,1-5H3,(H,22,25). The van der Waals surface area contributed by atoms with Crippen LogP contribution in [-0.4, -0.2) is 33.7 Å². The van der Waals surface area contributed by atoms with E-state index >= 15 is 0 Å². The van der Waals surface area contributed by atoms with Crippen LogP contribution in [0.1, 0.15) is 18.2 Å². The molecule has 3 aromatic rings. The van der Waals surface area contributed by atoms with E-state index in [9.17, 15) is 13.2 Å². The van der Waals surface area contributed by atoms with Crippen LogP contribution in [0.5, 0.6) is 11.5 Å². The SMILES string of the molecule is COc1cc(NS(=O)(=O)c2cc(-c3c(C)noc3NC(C)=O)ccc2C)cc(OC)c1. The molecule has 0 atom stereocenters. The number of nitrogens with one attached hydrogen (secondary N) is 2. The molecule has 1 aromatic heterocycles. The van der Waals surface area contributed by atoms with Gasteiger partial charge in [0.2, 0.25) is 11.8 Å². The summed E-state index contributed by atoms with van der Waals surface area (Å²) in [5.74, 6) is 0.721. The predicted octanol–water partition coefficient (Wildman–Crippen LogP) is 3.73. The van der Waals surface area contributed by atoms with Crippen LogP contribution >= 0.6 is 0 Å². The van der Waals surface area contributed by atoms with Gasteiger partial charge in [-0.3, -0.25) is 14.8 Å². The maximum Gasteiger partial charge on any atom is 0.262 e. The molecule has 0 fully saturated rings. The van der Waals surface area contributed by atoms with Gasteiger partial charge in [-0.1, -0.05) is 17.3 Å². The van der Waals surface area contributed by atoms with E-state index in [4.69, 9.17) is 14.0 Å². The number of carbonyl (C=O) groups excluding carboxylic acids is 1. The van der Waals surface area contributed by atoms with E-state index < -0.39 is 10.0 Å². The minimum absolute atomic E-state index is 0.0705. The van der Waals surface area contributed by atoms with Gasteiger partial charge in [-0.05, 0) is 31.0 Å². The lowest BCUT2D eigenvalue weighted by atomic mass is 10.0. The van der Waals surface area contributed by atoms with Gasteiger partial charge in [-0.25, -0.2) is 8.42 Å². The summed E-state index contributed by atoms with van der Waals surface area (Å²) in [6.07, 6.45) is 0. The Bertz CT molecular complexity index is 1210. The molecule has 0 radical (unpaired) electrons. The van der Waals surface area contributed by atoms with Crippen LogP contribution in [0, 0.1) is 13.8 Å². The van der Waals surface area contributed by atoms with Crippen molar-refractivity contribution >= 4 is 27.5 Å². The summed E-state index contributed by atoms with van der Waals surface area (Å²) in [4.78, 5) is 11.5. The van der Waals surface area contributed by atoms with Crippen LogP contribution in [0.3, 0.4) is 0 Å². The molecule has 0 unspecified atom stereocenters. The first kappa shape index (κ1) is 22.2. The number of aromatic nitrogens is 1. The van der Waals surface area contributed by atoms with Crippen molar-refractivity contribution in [1.82, 2.24) is 5.16 Å². The lowest BCUT2D eigenvalue weighted by Gasteiger charge is -2.14. The third-order valence-corrected chi connectivity index (χ3v) is 6.05. The number of ether oxygens (including phenoxy) is 2. The highest BCUT2D eigenvalue weighted by molar-refractivity contribution is 7.92. The normalized spacial score (nSPS) is 11.1. The topological polar surface area (TPSA) is 120 Å². The molecule has 31 heavy (non-hydrogen) atoms. The summed E-state index contributed by atoms with van der Waals surface area (Å²) in [6.45, 7) is 4.75. The summed E-state index contributed by atoms with van der Waals surface area (Å²) < 4.78 is 44.5. The maximum absolute atomic E-state index is 13.2. The molecule has 2 N–H and O–H groups in total. The van der Waals surface area contributed by atoms with Gasteiger partial charge in [0, 0.05) is 25.1 Å². The van der Waals surface area contributed by atoms with Crippen molar-refractivity contribution in [3.8, 4) is 22.6 Å². The van der Waals surface area contributed by atoms with E-state index in [2.05, 4.69) is 15.2 Å². The molecule has 0 saturated carbocycles. The Kier molecular flexibility index (Phi) is 6.21. The van der Waals surface area contributed by atoms with E-state index in [1.807, 2.05) is 0 Å². The fourth-order valence-corrected chi connectivity index (χ4v) is 4.39. The van der Waals surface area contributed by atoms with Crippen LogP contribution in [0.4, 0.5) is 11.6 Å². The Morgan fingerprint density at radius 3 is 2.26 bits per heavy atom. The summed E-state index contributed by atoms with van der Waals surface area (Å²) in [5, 5.41) is 6.45. The van der Waals surface area contributed by atoms with Crippen LogP contribution in [0.25, 0.3) is 11.1 Å². The number of anilines is 2. The second-order valence-corrected chi connectivity index (χ2v) is 8.49. The highest BCUT2D eigenvalue weighted by Crippen LogP contribution is 2.34. The number of amides is 1. The van der Waals surface area contributed by atoms with Gasteiger partial charge in [-0.2, -0.15) is 0 Å². The second-order valence-electron chi connectivity index (χ2n) is 6.84. The molecule has 0 saturated heterocycles. The molecular formula is C21H23N3O6S. The lowest BCUT2D eigenvalue weighted by Crippen LogP contribution is -2.14. The third-order valence-electron chi connectivity index (χ3n) is 4.52. The Morgan fingerprint density at radius 2 is 1.68 bits per heavy atom. The molecule has 1 heterocycles. The van der Waals surface area contributed by atoms with Gasteiger partial charge < -0.3 is 14.0 Å². The molecule has 1 amide bonds. The molecule has 0 aliphatic rings. The number of hydrogen-bond donors (Lipinski definition) is 2. The Morgan fingerprint density at radius 1 is 1.03 bits per heavy atom. The monoisotopic (exact) mass is 445 g/mol. The van der Waals surface area contributed by atoms with E-state index in [0.29, 0.717) is 39.6 Å². The number of sulfonamides is 1. The van der Waals surface area contributed by atoms with Crippen molar-refractivity contribution in [3.05, 3.63) is 47.7 Å². The third kappa shape index (κ3) is 4.80. The van der Waals surface area contributed by atoms with Crippen LogP contribution in [0.2, 0.25) is 0 Å². The van der Waals surface area contributed by atoms with Crippen molar-refractivity contribution in [3.63, 3.8) is 0 Å². The Labute approximate surface area is 180 Å². The summed E-state index contributed by atoms with van der Waals surface area (Å²) in [6, 6.07) is 9.69. The zero-order valence-electron chi connectivity index (χ0n) is 17.8. The number of rotatable bonds is 7. The zero-order valence-corrected chi connectivity index (χ0v) is 18.6. The molecular weight excluding hydrogens is 422 g/mol. The summed E-state index contributed by atoms with van der Waals surface area (Å²) in [7, 11) is -0.994. The van der Waals surface area contributed by atoms with Gasteiger partial charge in [0.1, 0.15) is 11.5 Å². The van der Waals surface area contributed by atoms with Gasteiger partial charge >= 0.3 is 0 Å². The highest BCUT2D eigenvalue weighted by atomic mass is 32.2. The van der Waals surface area contributed by atoms with Crippen molar-refractivity contribution in [1.29, 1.82) is 0 Å². The minimum atomic E-state index is -3.96. The molecule has 0 bridgehead atoms. The fraction of sp³-hybridized carbons (Fsp3) is 0.238. The molecule has 0 spiro atoms. The Hall–Kier alpha value is -3.53. The maximum atomic E-state index is 13.2. The molecule has 0 aliphatic carbocycles. The van der Waals surface area contributed by atoms with Gasteiger partial charge in [0.15, 0.2) is 0 Å². The van der Waals surface area contributed by atoms with Crippen molar-refractivity contribution in [2.24, 2.45) is 0 Å². The van der Waals surface area contributed by atoms with Crippen LogP contribution in [0.15, 0.2) is 45.8 Å². The molecule has 9 nitrogen and oxygen atoms in total. The van der Waals surface area contributed by atoms with Gasteiger partial charge in [0.25, 0.3) is 10.0 Å². The average molecular weight is 445 g/mol. The van der Waals surface area contributed by atoms with Crippen molar-refractivity contribution in [2.45, 2.75) is 25.7 Å². The van der Waals surface area contributed by atoms with E-state index in [1.165, 1.54) is 27.2 Å². The zero-order chi connectivity index (χ0) is 22.8. The summed E-state index contributed by atoms with van der Waals surface area (Å²) in [5.41, 5.74) is 2.40. The minimum Gasteiger partial charge on any atom is -0.497 e. The molecule has 164 valence electrons. The van der Waals surface area contributed by atoms with E-state index in [1.54, 1.807) is 44.2 Å². The van der Waals surface area contributed by atoms with Gasteiger partial charge in [0.05, 0.1) is 36.1 Å². The average Bonchev–Trinajstić information content (AvgIpc) is 3.06. The number of methoxy groups -OCH3 is 2. The largest absolute Gasteiger partial charge is 0.497 e. The molecule has 3 rings (SSSR count). The van der Waals surface area contributed by atoms with Crippen molar-refractivity contribution in [2.75, 3.05) is 24.3 Å².